The summed E-state index contributed by atoms with van der Waals surface area (Å²) in [6.07, 6.45) is 0.149. The fourth-order valence-electron chi connectivity index (χ4n) is 2.56. The number of aromatic nitrogens is 2. The monoisotopic (exact) mass is 391 g/mol. The van der Waals surface area contributed by atoms with Gasteiger partial charge in [0.2, 0.25) is 11.5 Å². The van der Waals surface area contributed by atoms with Crippen LogP contribution in [0.1, 0.15) is 21.7 Å². The topological polar surface area (TPSA) is 169 Å². The number of carboxylic acids is 1. The van der Waals surface area contributed by atoms with E-state index < -0.39 is 24.9 Å². The summed E-state index contributed by atoms with van der Waals surface area (Å²) in [5.41, 5.74) is 5.77. The number of anilines is 1. The molecule has 1 aliphatic heterocycles. The first-order valence-corrected chi connectivity index (χ1v) is 8.39. The molecule has 1 atom stereocenters. The number of nitrogens with two attached hydrogens (primary N) is 1. The lowest BCUT2D eigenvalue weighted by Gasteiger charge is -2.28. The number of nitrogen functional groups attached to an aromatic ring is 1. The molecule has 0 saturated carbocycles. The number of rotatable bonds is 5. The van der Waals surface area contributed by atoms with Crippen molar-refractivity contribution in [2.75, 3.05) is 12.8 Å². The highest BCUT2D eigenvalue weighted by Gasteiger charge is 2.38. The van der Waals surface area contributed by atoms with Gasteiger partial charge in [0.15, 0.2) is 5.13 Å². The lowest BCUT2D eigenvalue weighted by molar-refractivity contribution is -0.115. The number of amides is 1. The molecular weight excluding hydrogens is 377 g/mol. The molecule has 1 amide bonds. The number of oxime groups is 1. The van der Waals surface area contributed by atoms with Crippen LogP contribution in [-0.4, -0.2) is 57.2 Å². The number of nitrogens with zero attached hydrogens (tertiary/aromatic N) is 3. The third-order valence-electron chi connectivity index (χ3n) is 3.72. The van der Waals surface area contributed by atoms with E-state index in [1.54, 1.807) is 12.1 Å². The number of hydrogen-bond acceptors (Lipinski definition) is 10. The second-order valence-electron chi connectivity index (χ2n) is 5.47. The minimum absolute atomic E-state index is 0.0170. The molecule has 2 heterocycles. The maximum Gasteiger partial charge on any atom is 0.547 e. The number of benzene rings is 1. The number of fused-ring (bicyclic) bond motifs is 1. The van der Waals surface area contributed by atoms with E-state index in [9.17, 15) is 19.7 Å². The predicted molar refractivity (Wildman–Crippen MR) is 95.5 cm³/mol. The van der Waals surface area contributed by atoms with Crippen molar-refractivity contribution in [3.8, 4) is 5.75 Å². The van der Waals surface area contributed by atoms with Crippen LogP contribution in [0.3, 0.4) is 0 Å². The summed E-state index contributed by atoms with van der Waals surface area (Å²) >= 11 is 0.888. The van der Waals surface area contributed by atoms with Crippen LogP contribution in [-0.2, 0) is 16.1 Å². The molecule has 1 unspecified atom stereocenters. The van der Waals surface area contributed by atoms with Gasteiger partial charge in [-0.25, -0.2) is 4.79 Å². The Hall–Kier alpha value is -3.19. The molecule has 0 radical (unpaired) electrons. The Morgan fingerprint density at radius 1 is 1.52 bits per heavy atom. The van der Waals surface area contributed by atoms with Crippen molar-refractivity contribution in [2.45, 2.75) is 12.4 Å². The zero-order valence-electron chi connectivity index (χ0n) is 13.9. The van der Waals surface area contributed by atoms with Crippen LogP contribution in [0.5, 0.6) is 5.75 Å². The number of carboxylic acid groups (broad SMARTS) is 1. The summed E-state index contributed by atoms with van der Waals surface area (Å²) < 4.78 is 9.24. The van der Waals surface area contributed by atoms with Crippen molar-refractivity contribution >= 4 is 41.4 Å². The SMILES string of the molecule is CON=C(C(=O)NC1Cc2cccc(C(=O)O)c2OB1O)c1nsc(N)n1. The van der Waals surface area contributed by atoms with Crippen molar-refractivity contribution in [1.82, 2.24) is 14.7 Å². The highest BCUT2D eigenvalue weighted by Crippen LogP contribution is 2.30. The fourth-order valence-corrected chi connectivity index (χ4v) is 2.99. The molecule has 0 bridgehead atoms. The third kappa shape index (κ3) is 3.83. The highest BCUT2D eigenvalue weighted by atomic mass is 32.1. The van der Waals surface area contributed by atoms with E-state index in [0.29, 0.717) is 5.56 Å². The summed E-state index contributed by atoms with van der Waals surface area (Å²) in [7, 11) is -0.204. The van der Waals surface area contributed by atoms with Gasteiger partial charge in [0.1, 0.15) is 12.9 Å². The Kier molecular flexibility index (Phi) is 5.23. The fraction of sp³-hybridized carbons (Fsp3) is 0.214. The smallest absolute Gasteiger partial charge is 0.534 e. The van der Waals surface area contributed by atoms with Crippen LogP contribution in [0.15, 0.2) is 23.4 Å². The van der Waals surface area contributed by atoms with Gasteiger partial charge in [-0.15, -0.1) is 0 Å². The lowest BCUT2D eigenvalue weighted by atomic mass is 9.72. The minimum atomic E-state index is -1.46. The second-order valence-corrected chi connectivity index (χ2v) is 6.25. The van der Waals surface area contributed by atoms with Crippen LogP contribution in [0.2, 0.25) is 0 Å². The summed E-state index contributed by atoms with van der Waals surface area (Å²) in [5.74, 6) is -2.69. The van der Waals surface area contributed by atoms with Gasteiger partial charge in [0.25, 0.3) is 5.91 Å². The van der Waals surface area contributed by atoms with E-state index in [4.69, 9.17) is 10.4 Å². The Balaban J connectivity index is 1.81. The molecule has 0 aliphatic carbocycles. The number of para-hydroxylation sites is 1. The largest absolute Gasteiger partial charge is 0.547 e. The average molecular weight is 391 g/mol. The van der Waals surface area contributed by atoms with Crippen LogP contribution in [0.4, 0.5) is 5.13 Å². The number of nitrogens with one attached hydrogen (secondary N) is 1. The van der Waals surface area contributed by atoms with E-state index >= 15 is 0 Å². The first-order valence-electron chi connectivity index (χ1n) is 7.62. The zero-order valence-corrected chi connectivity index (χ0v) is 14.8. The van der Waals surface area contributed by atoms with Crippen LogP contribution in [0.25, 0.3) is 0 Å². The van der Waals surface area contributed by atoms with E-state index in [0.717, 1.165) is 11.5 Å². The number of carbonyl (C=O) groups excluding carboxylic acids is 1. The molecule has 1 aromatic carbocycles. The summed E-state index contributed by atoms with van der Waals surface area (Å²) in [6.45, 7) is 0. The van der Waals surface area contributed by atoms with Crippen molar-refractivity contribution < 1.29 is 29.2 Å². The molecule has 5 N–H and O–H groups in total. The number of aromatic carboxylic acids is 1. The molecule has 0 spiro atoms. The van der Waals surface area contributed by atoms with Gasteiger partial charge in [0.05, 0.1) is 11.5 Å². The minimum Gasteiger partial charge on any atom is -0.534 e. The molecule has 3 rings (SSSR count). The average Bonchev–Trinajstić information content (AvgIpc) is 3.05. The van der Waals surface area contributed by atoms with Gasteiger partial charge in [-0.2, -0.15) is 9.36 Å². The van der Waals surface area contributed by atoms with Crippen LogP contribution < -0.4 is 15.7 Å². The summed E-state index contributed by atoms with van der Waals surface area (Å²) in [5, 5.41) is 25.7. The Labute approximate surface area is 157 Å². The Bertz CT molecular complexity index is 919. The number of hydrogen-bond donors (Lipinski definition) is 4. The molecule has 0 fully saturated rings. The van der Waals surface area contributed by atoms with Crippen molar-refractivity contribution in [2.24, 2.45) is 5.16 Å². The molecule has 1 aliphatic rings. The van der Waals surface area contributed by atoms with Crippen LogP contribution >= 0.6 is 11.5 Å². The molecule has 1 aromatic heterocycles. The van der Waals surface area contributed by atoms with E-state index in [1.807, 2.05) is 0 Å². The lowest BCUT2D eigenvalue weighted by Crippen LogP contribution is -2.54. The summed E-state index contributed by atoms with van der Waals surface area (Å²) in [4.78, 5) is 32.4. The molecular formula is C14H14BN5O6S. The van der Waals surface area contributed by atoms with Crippen molar-refractivity contribution in [3.63, 3.8) is 0 Å². The van der Waals surface area contributed by atoms with Gasteiger partial charge in [0, 0.05) is 11.5 Å². The molecule has 13 heteroatoms. The maximum atomic E-state index is 12.5. The van der Waals surface area contributed by atoms with Gasteiger partial charge in [-0.3, -0.25) is 4.79 Å². The van der Waals surface area contributed by atoms with Gasteiger partial charge < -0.3 is 30.7 Å². The van der Waals surface area contributed by atoms with E-state index in [1.165, 1.54) is 13.2 Å². The maximum absolute atomic E-state index is 12.5. The standard InChI is InChI=1S/C14H14BN5O6S/c1-25-19-9(11-18-14(16)27-20-11)12(21)17-8-5-6-3-2-4-7(13(22)23)10(6)26-15(8)24/h2-4,8,24H,5H2,1H3,(H,17,21)(H,22,23)(H2,16,18,20). The first kappa shape index (κ1) is 18.6. The van der Waals surface area contributed by atoms with Gasteiger partial charge in [-0.05, 0) is 18.1 Å². The Morgan fingerprint density at radius 3 is 2.93 bits per heavy atom. The Morgan fingerprint density at radius 2 is 2.30 bits per heavy atom. The molecule has 11 nitrogen and oxygen atoms in total. The second kappa shape index (κ2) is 7.59. The van der Waals surface area contributed by atoms with Gasteiger partial charge in [-0.1, -0.05) is 17.3 Å². The molecule has 2 aromatic rings. The van der Waals surface area contributed by atoms with Gasteiger partial charge >= 0.3 is 13.1 Å². The third-order valence-corrected chi connectivity index (χ3v) is 4.26. The van der Waals surface area contributed by atoms with Crippen molar-refractivity contribution in [1.29, 1.82) is 0 Å². The van der Waals surface area contributed by atoms with E-state index in [-0.39, 0.29) is 34.4 Å². The van der Waals surface area contributed by atoms with E-state index in [2.05, 4.69) is 24.7 Å². The number of carbonyl (C=O) groups is 2. The molecule has 0 saturated heterocycles. The van der Waals surface area contributed by atoms with Crippen LogP contribution in [0, 0.1) is 0 Å². The first-order chi connectivity index (χ1) is 12.9. The molecule has 140 valence electrons. The molecule has 27 heavy (non-hydrogen) atoms. The highest BCUT2D eigenvalue weighted by molar-refractivity contribution is 7.09. The zero-order chi connectivity index (χ0) is 19.6. The predicted octanol–water partition coefficient (Wildman–Crippen LogP) is -0.691. The normalized spacial score (nSPS) is 16.3. The summed E-state index contributed by atoms with van der Waals surface area (Å²) in [6, 6.07) is 4.58. The quantitative estimate of drug-likeness (QED) is 0.293. The van der Waals surface area contributed by atoms with Crippen molar-refractivity contribution in [3.05, 3.63) is 35.2 Å².